The van der Waals surface area contributed by atoms with Gasteiger partial charge in [-0.1, -0.05) is 200 Å². The van der Waals surface area contributed by atoms with Gasteiger partial charge in [-0.3, -0.25) is 5.32 Å². The van der Waals surface area contributed by atoms with Crippen LogP contribution in [0.1, 0.15) is 45.1 Å². The molecule has 2 N–H and O–H groups in total. The Kier molecular flexibility index (Phi) is 9.55. The van der Waals surface area contributed by atoms with Gasteiger partial charge in [-0.25, -0.2) is 4.99 Å². The van der Waals surface area contributed by atoms with Gasteiger partial charge in [-0.2, -0.15) is 0 Å². The zero-order valence-electron chi connectivity index (χ0n) is 37.3. The van der Waals surface area contributed by atoms with Gasteiger partial charge in [0.1, 0.15) is 17.2 Å². The van der Waals surface area contributed by atoms with E-state index in [0.717, 1.165) is 33.9 Å². The minimum Gasteiger partial charge on any atom is -0.457 e. The van der Waals surface area contributed by atoms with Crippen LogP contribution in [0.3, 0.4) is 0 Å². The van der Waals surface area contributed by atoms with Crippen LogP contribution in [0.2, 0.25) is 0 Å². The van der Waals surface area contributed by atoms with Crippen LogP contribution in [0.15, 0.2) is 260 Å². The molecule has 2 heterocycles. The standard InChI is InChI=1S/C65H44N2O/c1-3-16-43(17-4-1)44-32-34-45(35-33-44)60-42-61(67-64(66-60)46-18-5-2-6-19-46)53-25-15-24-51(40-53)49-22-13-20-47(38-49)48-21-14-23-50(39-48)52-36-37-57-55(41-52)54-26-7-8-27-56(54)65(57)58-28-9-11-30-62(58)68-63-31-12-10-29-59(63)65/h1-42,64,66H/p+1. The predicted octanol–water partition coefficient (Wildman–Crippen LogP) is 14.9. The van der Waals surface area contributed by atoms with Gasteiger partial charge in [0, 0.05) is 33.9 Å². The molecule has 0 aromatic heterocycles. The fourth-order valence-electron chi connectivity index (χ4n) is 10.9. The summed E-state index contributed by atoms with van der Waals surface area (Å²) in [5.74, 6) is 1.81. The van der Waals surface area contributed by atoms with E-state index >= 15 is 0 Å². The molecule has 0 saturated carbocycles. The highest BCUT2D eigenvalue weighted by Crippen LogP contribution is 2.62. The van der Waals surface area contributed by atoms with Crippen molar-refractivity contribution in [2.24, 2.45) is 4.99 Å². The van der Waals surface area contributed by atoms with E-state index < -0.39 is 5.41 Å². The molecule has 0 bridgehead atoms. The third-order valence-electron chi connectivity index (χ3n) is 14.1. The first-order valence-electron chi connectivity index (χ1n) is 23.5. The van der Waals surface area contributed by atoms with E-state index in [2.05, 4.69) is 260 Å². The molecule has 1 atom stereocenters. The molecule has 68 heavy (non-hydrogen) atoms. The summed E-state index contributed by atoms with van der Waals surface area (Å²) in [7, 11) is 0. The van der Waals surface area contributed by atoms with Gasteiger partial charge in [0.05, 0.1) is 11.1 Å². The molecule has 2 aliphatic heterocycles. The number of ether oxygens (including phenoxy) is 1. The van der Waals surface area contributed by atoms with Crippen LogP contribution >= 0.6 is 0 Å². The van der Waals surface area contributed by atoms with Gasteiger partial charge in [-0.15, -0.1) is 0 Å². The number of allylic oxidation sites excluding steroid dienone is 1. The number of aliphatic imine (C=N–C) groups is 1. The van der Waals surface area contributed by atoms with Gasteiger partial charge < -0.3 is 4.74 Å². The van der Waals surface area contributed by atoms with Gasteiger partial charge in [0.25, 0.3) is 0 Å². The Labute approximate surface area is 397 Å². The molecule has 13 rings (SSSR count). The van der Waals surface area contributed by atoms with Crippen molar-refractivity contribution in [3.8, 4) is 67.1 Å². The highest BCUT2D eigenvalue weighted by atomic mass is 16.5. The Morgan fingerprint density at radius 2 is 0.779 bits per heavy atom. The summed E-state index contributed by atoms with van der Waals surface area (Å²) in [6, 6.07) is 89.9. The Morgan fingerprint density at radius 3 is 1.41 bits per heavy atom. The van der Waals surface area contributed by atoms with Crippen molar-refractivity contribution >= 4 is 11.4 Å². The Hall–Kier alpha value is -8.63. The number of nitrogens with two attached hydrogens (primary N) is 1. The van der Waals surface area contributed by atoms with Gasteiger partial charge in [0.15, 0.2) is 0 Å². The largest absolute Gasteiger partial charge is 0.457 e. The second-order valence-electron chi connectivity index (χ2n) is 18.0. The molecule has 0 saturated heterocycles. The summed E-state index contributed by atoms with van der Waals surface area (Å²) in [5.41, 5.74) is 22.0. The zero-order valence-corrected chi connectivity index (χ0v) is 37.3. The summed E-state index contributed by atoms with van der Waals surface area (Å²) in [6.45, 7) is 0. The van der Waals surface area contributed by atoms with Crippen molar-refractivity contribution < 1.29 is 10.1 Å². The van der Waals surface area contributed by atoms with Crippen molar-refractivity contribution in [1.82, 2.24) is 0 Å². The summed E-state index contributed by atoms with van der Waals surface area (Å²) < 4.78 is 6.56. The van der Waals surface area contributed by atoms with E-state index in [-0.39, 0.29) is 6.17 Å². The quantitative estimate of drug-likeness (QED) is 0.170. The first-order chi connectivity index (χ1) is 33.7. The van der Waals surface area contributed by atoms with Crippen molar-refractivity contribution in [2.75, 3.05) is 0 Å². The van der Waals surface area contributed by atoms with Crippen LogP contribution in [0, 0.1) is 0 Å². The van der Waals surface area contributed by atoms with Crippen molar-refractivity contribution in [1.29, 1.82) is 0 Å². The molecule has 1 aliphatic carbocycles. The van der Waals surface area contributed by atoms with Gasteiger partial charge in [-0.05, 0) is 115 Å². The molecule has 1 spiro atoms. The van der Waals surface area contributed by atoms with Crippen LogP contribution in [0.25, 0.3) is 61.3 Å². The second kappa shape index (κ2) is 16.4. The molecule has 1 unspecified atom stereocenters. The van der Waals surface area contributed by atoms with E-state index in [1.807, 2.05) is 0 Å². The number of nitrogens with zero attached hydrogens (tertiary/aromatic N) is 1. The van der Waals surface area contributed by atoms with Crippen LogP contribution in [0.4, 0.5) is 0 Å². The van der Waals surface area contributed by atoms with Crippen molar-refractivity contribution in [3.63, 3.8) is 0 Å². The topological polar surface area (TPSA) is 38.2 Å². The summed E-state index contributed by atoms with van der Waals surface area (Å²) >= 11 is 0. The summed E-state index contributed by atoms with van der Waals surface area (Å²) in [5, 5.41) is 2.29. The maximum Gasteiger partial charge on any atom is 0.211 e. The number of para-hydroxylation sites is 2. The molecular formula is C65H45N2O+. The van der Waals surface area contributed by atoms with Gasteiger partial charge >= 0.3 is 0 Å². The Bertz CT molecular complexity index is 3580. The maximum absolute atomic E-state index is 6.56. The molecule has 0 amide bonds. The SMILES string of the molecule is C1=C(c2ccc(-c3ccccc3)cc2)[NH2+]C(c2ccccc2)N=C1c1cccc(-c2cccc(-c3cccc(-c4ccc5c(c4)-c4ccccc4C54c5ccccc5Oc5ccccc54)c3)c2)c1. The number of fused-ring (bicyclic) bond motifs is 9. The van der Waals surface area contributed by atoms with E-state index in [1.165, 1.54) is 83.6 Å². The smallest absolute Gasteiger partial charge is 0.211 e. The minimum atomic E-state index is -0.477. The van der Waals surface area contributed by atoms with E-state index in [9.17, 15) is 0 Å². The maximum atomic E-state index is 6.56. The number of quaternary nitrogens is 1. The molecule has 320 valence electrons. The molecule has 3 nitrogen and oxygen atoms in total. The van der Waals surface area contributed by atoms with Crippen LogP contribution in [-0.2, 0) is 5.41 Å². The Balaban J connectivity index is 0.838. The lowest BCUT2D eigenvalue weighted by Crippen LogP contribution is -2.82. The van der Waals surface area contributed by atoms with Crippen LogP contribution < -0.4 is 10.1 Å². The number of benzene rings is 10. The molecule has 3 aliphatic rings. The monoisotopic (exact) mass is 869 g/mol. The first kappa shape index (κ1) is 39.7. The van der Waals surface area contributed by atoms with Crippen molar-refractivity contribution in [3.05, 3.63) is 294 Å². The average molecular weight is 870 g/mol. The summed E-state index contributed by atoms with van der Waals surface area (Å²) in [6.07, 6.45) is 2.15. The van der Waals surface area contributed by atoms with E-state index in [0.29, 0.717) is 0 Å². The molecular weight excluding hydrogens is 825 g/mol. The lowest BCUT2D eigenvalue weighted by molar-refractivity contribution is -0.609. The number of rotatable bonds is 7. The molecule has 10 aromatic rings. The van der Waals surface area contributed by atoms with E-state index in [4.69, 9.17) is 9.73 Å². The lowest BCUT2D eigenvalue weighted by Gasteiger charge is -2.39. The number of hydrogen-bond acceptors (Lipinski definition) is 2. The highest BCUT2D eigenvalue weighted by molar-refractivity contribution is 6.12. The second-order valence-corrected chi connectivity index (χ2v) is 18.0. The van der Waals surface area contributed by atoms with E-state index in [1.54, 1.807) is 0 Å². The predicted molar refractivity (Wildman–Crippen MR) is 278 cm³/mol. The highest BCUT2D eigenvalue weighted by Gasteiger charge is 2.51. The van der Waals surface area contributed by atoms with Gasteiger partial charge in [0.2, 0.25) is 6.17 Å². The van der Waals surface area contributed by atoms with Crippen molar-refractivity contribution in [2.45, 2.75) is 11.6 Å². The molecule has 10 aromatic carbocycles. The third kappa shape index (κ3) is 6.67. The normalized spacial score (nSPS) is 15.0. The lowest BCUT2D eigenvalue weighted by atomic mass is 9.66. The fraction of sp³-hybridized carbons (Fsp3) is 0.0308. The third-order valence-corrected chi connectivity index (χ3v) is 14.1. The zero-order chi connectivity index (χ0) is 45.0. The number of hydrogen-bond donors (Lipinski definition) is 1. The Morgan fingerprint density at radius 1 is 0.338 bits per heavy atom. The molecule has 0 radical (unpaired) electrons. The molecule has 0 fully saturated rings. The molecule has 3 heteroatoms. The fourth-order valence-corrected chi connectivity index (χ4v) is 10.9. The average Bonchev–Trinajstić information content (AvgIpc) is 3.71. The first-order valence-corrected chi connectivity index (χ1v) is 23.5. The summed E-state index contributed by atoms with van der Waals surface area (Å²) in [4.78, 5) is 5.36. The van der Waals surface area contributed by atoms with Crippen LogP contribution in [-0.4, -0.2) is 5.71 Å². The minimum absolute atomic E-state index is 0.101. The van der Waals surface area contributed by atoms with Crippen LogP contribution in [0.5, 0.6) is 11.5 Å².